The van der Waals surface area contributed by atoms with Crippen LogP contribution >= 0.6 is 0 Å². The third-order valence-corrected chi connectivity index (χ3v) is 4.22. The second-order valence-electron chi connectivity index (χ2n) is 5.72. The minimum absolute atomic E-state index is 0.0901. The molecule has 0 fully saturated rings. The number of pyridine rings is 2. The van der Waals surface area contributed by atoms with Crippen LogP contribution in [0.1, 0.15) is 21.5 Å². The highest BCUT2D eigenvalue weighted by atomic mass is 16.3. The molecule has 3 rings (SSSR count). The Balaban J connectivity index is 2.54. The largest absolute Gasteiger partial charge is 0.508 e. The third-order valence-electron chi connectivity index (χ3n) is 4.22. The number of carbonyl (C=O) groups excluding carboxylic acids is 1. The van der Waals surface area contributed by atoms with Crippen LogP contribution in [-0.2, 0) is 0 Å². The number of amides is 1. The summed E-state index contributed by atoms with van der Waals surface area (Å²) in [7, 11) is 0. The van der Waals surface area contributed by atoms with E-state index in [2.05, 4.69) is 0 Å². The van der Waals surface area contributed by atoms with Gasteiger partial charge in [-0.2, -0.15) is 0 Å². The summed E-state index contributed by atoms with van der Waals surface area (Å²) in [6.07, 6.45) is 1.58. The van der Waals surface area contributed by atoms with Gasteiger partial charge in [-0.05, 0) is 42.7 Å². The van der Waals surface area contributed by atoms with Crippen molar-refractivity contribution in [1.82, 2.24) is 4.40 Å². The molecule has 0 aliphatic heterocycles. The number of hydrogen-bond acceptors (Lipinski definition) is 4. The Hall–Kier alpha value is -3.28. The van der Waals surface area contributed by atoms with E-state index in [9.17, 15) is 14.7 Å². The first-order valence-corrected chi connectivity index (χ1v) is 7.36. The zero-order valence-electron chi connectivity index (χ0n) is 13.3. The number of carbonyl (C=O) groups is 1. The number of aromatic nitrogens is 1. The van der Waals surface area contributed by atoms with Crippen molar-refractivity contribution in [3.63, 3.8) is 0 Å². The highest BCUT2D eigenvalue weighted by molar-refractivity contribution is 6.08. The number of aromatic hydroxyl groups is 1. The smallest absolute Gasteiger partial charge is 0.255 e. The summed E-state index contributed by atoms with van der Waals surface area (Å²) in [6, 6.07) is 7.89. The number of hydrogen-bond donors (Lipinski definition) is 3. The maximum absolute atomic E-state index is 12.2. The molecular formula is C18H17N3O3. The highest BCUT2D eigenvalue weighted by Gasteiger charge is 2.20. The summed E-state index contributed by atoms with van der Waals surface area (Å²) in [6.45, 7) is 3.61. The number of nitrogen functional groups attached to an aromatic ring is 1. The van der Waals surface area contributed by atoms with Gasteiger partial charge in [-0.1, -0.05) is 12.1 Å². The summed E-state index contributed by atoms with van der Waals surface area (Å²) in [5.74, 6) is -0.607. The molecular weight excluding hydrogens is 306 g/mol. The average molecular weight is 323 g/mol. The Bertz CT molecular complexity index is 1050. The molecule has 0 aliphatic carbocycles. The van der Waals surface area contributed by atoms with Crippen LogP contribution in [0.5, 0.6) is 5.75 Å². The van der Waals surface area contributed by atoms with Crippen LogP contribution in [0, 0.1) is 13.8 Å². The van der Waals surface area contributed by atoms with Crippen molar-refractivity contribution in [3.05, 3.63) is 63.6 Å². The fourth-order valence-electron chi connectivity index (χ4n) is 3.02. The molecule has 0 unspecified atom stereocenters. The Labute approximate surface area is 138 Å². The van der Waals surface area contributed by atoms with Gasteiger partial charge in [0.05, 0.1) is 16.8 Å². The second-order valence-corrected chi connectivity index (χ2v) is 5.72. The first-order chi connectivity index (χ1) is 11.3. The maximum Gasteiger partial charge on any atom is 0.255 e. The van der Waals surface area contributed by atoms with Crippen molar-refractivity contribution in [2.24, 2.45) is 5.73 Å². The van der Waals surface area contributed by atoms with Crippen LogP contribution in [0.25, 0.3) is 16.6 Å². The number of phenols is 1. The molecule has 6 heteroatoms. The molecule has 1 amide bonds. The van der Waals surface area contributed by atoms with E-state index in [-0.39, 0.29) is 22.6 Å². The molecule has 122 valence electrons. The number of anilines is 1. The predicted octanol–water partition coefficient (Wildman–Crippen LogP) is 1.97. The van der Waals surface area contributed by atoms with E-state index in [4.69, 9.17) is 11.5 Å². The van der Waals surface area contributed by atoms with E-state index in [1.54, 1.807) is 37.4 Å². The number of rotatable bonds is 2. The maximum atomic E-state index is 12.2. The van der Waals surface area contributed by atoms with E-state index in [0.29, 0.717) is 22.2 Å². The van der Waals surface area contributed by atoms with E-state index in [0.717, 1.165) is 5.56 Å². The van der Waals surface area contributed by atoms with E-state index in [1.807, 2.05) is 6.92 Å². The van der Waals surface area contributed by atoms with Gasteiger partial charge >= 0.3 is 0 Å². The van der Waals surface area contributed by atoms with Gasteiger partial charge in [-0.25, -0.2) is 0 Å². The predicted molar refractivity (Wildman–Crippen MR) is 93.2 cm³/mol. The lowest BCUT2D eigenvalue weighted by Gasteiger charge is -2.17. The molecule has 5 N–H and O–H groups in total. The van der Waals surface area contributed by atoms with Crippen LogP contribution in [0.2, 0.25) is 0 Å². The molecule has 3 aromatic rings. The number of phenolic OH excluding ortho intramolecular Hbond substituents is 1. The van der Waals surface area contributed by atoms with Crippen LogP contribution in [0.15, 0.2) is 41.3 Å². The fourth-order valence-corrected chi connectivity index (χ4v) is 3.02. The summed E-state index contributed by atoms with van der Waals surface area (Å²) in [5, 5.41) is 10.0. The molecule has 0 bridgehead atoms. The number of primary amides is 1. The number of aryl methyl sites for hydroxylation is 1. The van der Waals surface area contributed by atoms with Crippen LogP contribution in [0.3, 0.4) is 0 Å². The number of fused-ring (bicyclic) bond motifs is 1. The first kappa shape index (κ1) is 15.6. The molecule has 2 aromatic heterocycles. The molecule has 24 heavy (non-hydrogen) atoms. The van der Waals surface area contributed by atoms with Gasteiger partial charge in [0.15, 0.2) is 0 Å². The van der Waals surface area contributed by atoms with Gasteiger partial charge in [0.2, 0.25) is 0 Å². The fraction of sp³-hybridized carbons (Fsp3) is 0.111. The van der Waals surface area contributed by atoms with Crippen molar-refractivity contribution >= 4 is 17.1 Å². The molecule has 6 nitrogen and oxygen atoms in total. The van der Waals surface area contributed by atoms with E-state index < -0.39 is 5.91 Å². The minimum atomic E-state index is -0.715. The van der Waals surface area contributed by atoms with Gasteiger partial charge in [-0.15, -0.1) is 0 Å². The van der Waals surface area contributed by atoms with Crippen molar-refractivity contribution in [1.29, 1.82) is 0 Å². The normalized spacial score (nSPS) is 10.9. The minimum Gasteiger partial charge on any atom is -0.508 e. The van der Waals surface area contributed by atoms with Gasteiger partial charge in [0.1, 0.15) is 5.75 Å². The lowest BCUT2D eigenvalue weighted by molar-refractivity contribution is 0.100. The topological polar surface area (TPSA) is 111 Å². The lowest BCUT2D eigenvalue weighted by Crippen LogP contribution is -2.20. The monoisotopic (exact) mass is 323 g/mol. The van der Waals surface area contributed by atoms with Gasteiger partial charge in [-0.3, -0.25) is 14.0 Å². The number of benzene rings is 1. The third kappa shape index (κ3) is 2.20. The summed E-state index contributed by atoms with van der Waals surface area (Å²) in [5.41, 5.74) is 14.7. The standard InChI is InChI=1S/C18H17N3O3/c1-9-6-7-13(22)10(2)15(9)11-8-21-12(4-3-5-14(21)23)16(17(11)19)18(20)24/h3-8,22H,19H2,1-2H3,(H2,20,24). The number of nitrogens with zero attached hydrogens (tertiary/aromatic N) is 1. The van der Waals surface area contributed by atoms with Crippen LogP contribution in [-0.4, -0.2) is 15.4 Å². The molecule has 0 radical (unpaired) electrons. The van der Waals surface area contributed by atoms with E-state index in [1.165, 1.54) is 10.5 Å². The van der Waals surface area contributed by atoms with Crippen molar-refractivity contribution < 1.29 is 9.90 Å². The molecule has 1 aromatic carbocycles. The van der Waals surface area contributed by atoms with Crippen LogP contribution in [0.4, 0.5) is 5.69 Å². The Morgan fingerprint density at radius 3 is 2.54 bits per heavy atom. The van der Waals surface area contributed by atoms with E-state index >= 15 is 0 Å². The Kier molecular flexibility index (Phi) is 3.52. The second kappa shape index (κ2) is 5.42. The molecule has 0 atom stereocenters. The van der Waals surface area contributed by atoms with Gasteiger partial charge < -0.3 is 16.6 Å². The van der Waals surface area contributed by atoms with Crippen molar-refractivity contribution in [2.45, 2.75) is 13.8 Å². The SMILES string of the molecule is Cc1ccc(O)c(C)c1-c1cn2c(=O)cccc2c(C(N)=O)c1N. The molecule has 0 saturated carbocycles. The zero-order valence-corrected chi connectivity index (χ0v) is 13.3. The quantitative estimate of drug-likeness (QED) is 0.669. The first-order valence-electron chi connectivity index (χ1n) is 7.36. The highest BCUT2D eigenvalue weighted by Crippen LogP contribution is 2.37. The Morgan fingerprint density at radius 2 is 1.88 bits per heavy atom. The summed E-state index contributed by atoms with van der Waals surface area (Å²) < 4.78 is 1.34. The Morgan fingerprint density at radius 1 is 1.17 bits per heavy atom. The van der Waals surface area contributed by atoms with Crippen LogP contribution < -0.4 is 17.0 Å². The van der Waals surface area contributed by atoms with Crippen molar-refractivity contribution in [3.8, 4) is 16.9 Å². The zero-order chi connectivity index (χ0) is 17.6. The number of nitrogens with two attached hydrogens (primary N) is 2. The molecule has 2 heterocycles. The summed E-state index contributed by atoms with van der Waals surface area (Å²) >= 11 is 0. The summed E-state index contributed by atoms with van der Waals surface area (Å²) in [4.78, 5) is 24.2. The van der Waals surface area contributed by atoms with Gasteiger partial charge in [0, 0.05) is 17.8 Å². The molecule has 0 spiro atoms. The van der Waals surface area contributed by atoms with Gasteiger partial charge in [0.25, 0.3) is 11.5 Å². The lowest BCUT2D eigenvalue weighted by atomic mass is 9.93. The molecule has 0 aliphatic rings. The van der Waals surface area contributed by atoms with Crippen molar-refractivity contribution in [2.75, 3.05) is 5.73 Å². The molecule has 0 saturated heterocycles. The average Bonchev–Trinajstić information content (AvgIpc) is 2.52.